The van der Waals surface area contributed by atoms with Crippen LogP contribution in [0.2, 0.25) is 0 Å². The molecule has 0 saturated carbocycles. The van der Waals surface area contributed by atoms with Gasteiger partial charge in [0, 0.05) is 13.1 Å². The van der Waals surface area contributed by atoms with Gasteiger partial charge in [0.05, 0.1) is 18.7 Å². The van der Waals surface area contributed by atoms with Gasteiger partial charge in [-0.05, 0) is 56.9 Å². The molecule has 2 aromatic carbocycles. The maximum Gasteiger partial charge on any atom is 0.309 e. The Hall–Kier alpha value is -2.49. The van der Waals surface area contributed by atoms with E-state index in [1.165, 1.54) is 11.1 Å². The maximum atomic E-state index is 12.4. The molecule has 0 N–H and O–H groups in total. The second kappa shape index (κ2) is 8.03. The summed E-state index contributed by atoms with van der Waals surface area (Å²) in [4.78, 5) is 14.7. The molecule has 0 atom stereocenters. The molecule has 1 heterocycles. The molecule has 4 nitrogen and oxygen atoms in total. The van der Waals surface area contributed by atoms with Gasteiger partial charge in [0.25, 0.3) is 0 Å². The molecule has 144 valence electrons. The van der Waals surface area contributed by atoms with E-state index in [1.807, 2.05) is 45.0 Å². The highest BCUT2D eigenvalue weighted by atomic mass is 16.6. The molecule has 0 spiro atoms. The fourth-order valence-corrected chi connectivity index (χ4v) is 3.49. The van der Waals surface area contributed by atoms with Crippen LogP contribution in [0.25, 0.3) is 11.1 Å². The van der Waals surface area contributed by atoms with Crippen LogP contribution in [0.4, 0.5) is 5.69 Å². The van der Waals surface area contributed by atoms with Crippen molar-refractivity contribution in [2.24, 2.45) is 5.92 Å². The van der Waals surface area contributed by atoms with Crippen LogP contribution >= 0.6 is 0 Å². The number of hydrogen-bond donors (Lipinski definition) is 0. The number of piperidine rings is 1. The van der Waals surface area contributed by atoms with E-state index >= 15 is 0 Å². The number of carbonyl (C=O) groups excluding carboxylic acids is 1. The Bertz CT molecular complexity index is 772. The van der Waals surface area contributed by atoms with E-state index in [0.29, 0.717) is 0 Å². The van der Waals surface area contributed by atoms with E-state index in [-0.39, 0.29) is 11.9 Å². The third-order valence-corrected chi connectivity index (χ3v) is 4.86. The molecule has 1 aliphatic heterocycles. The van der Waals surface area contributed by atoms with Crippen molar-refractivity contribution >= 4 is 11.7 Å². The lowest BCUT2D eigenvalue weighted by molar-refractivity contribution is -0.160. The largest absolute Gasteiger partial charge is 0.495 e. The lowest BCUT2D eigenvalue weighted by Gasteiger charge is -2.34. The average Bonchev–Trinajstić information content (AvgIpc) is 2.67. The molecule has 0 radical (unpaired) electrons. The molecule has 0 aliphatic carbocycles. The van der Waals surface area contributed by atoms with Crippen molar-refractivity contribution in [1.29, 1.82) is 0 Å². The SMILES string of the molecule is COc1ccc(-c2ccccc2)cc1N1CCC(C(=O)OC(C)(C)C)CC1. The highest BCUT2D eigenvalue weighted by Crippen LogP contribution is 2.35. The second-order valence-electron chi connectivity index (χ2n) is 8.05. The molecule has 2 aromatic rings. The first kappa shape index (κ1) is 19.3. The Morgan fingerprint density at radius 1 is 1.00 bits per heavy atom. The normalized spacial score (nSPS) is 15.5. The zero-order valence-electron chi connectivity index (χ0n) is 16.7. The van der Waals surface area contributed by atoms with Crippen molar-refractivity contribution in [3.63, 3.8) is 0 Å². The maximum absolute atomic E-state index is 12.4. The van der Waals surface area contributed by atoms with Gasteiger partial charge >= 0.3 is 5.97 Å². The summed E-state index contributed by atoms with van der Waals surface area (Å²) in [5.74, 6) is 0.765. The molecule has 0 amide bonds. The molecule has 0 aromatic heterocycles. The molecular weight excluding hydrogens is 338 g/mol. The van der Waals surface area contributed by atoms with E-state index in [4.69, 9.17) is 9.47 Å². The minimum atomic E-state index is -0.429. The van der Waals surface area contributed by atoms with Crippen LogP contribution in [0.3, 0.4) is 0 Å². The van der Waals surface area contributed by atoms with Crippen LogP contribution in [-0.4, -0.2) is 31.8 Å². The lowest BCUT2D eigenvalue weighted by Crippen LogP contribution is -2.39. The van der Waals surface area contributed by atoms with Crippen LogP contribution in [0.1, 0.15) is 33.6 Å². The van der Waals surface area contributed by atoms with Crippen molar-refractivity contribution in [2.45, 2.75) is 39.2 Å². The first-order valence-corrected chi connectivity index (χ1v) is 9.58. The van der Waals surface area contributed by atoms with Gasteiger partial charge in [0.2, 0.25) is 0 Å². The first-order valence-electron chi connectivity index (χ1n) is 9.58. The Morgan fingerprint density at radius 2 is 1.67 bits per heavy atom. The molecule has 0 unspecified atom stereocenters. The molecule has 0 bridgehead atoms. The number of anilines is 1. The monoisotopic (exact) mass is 367 g/mol. The summed E-state index contributed by atoms with van der Waals surface area (Å²) in [6.45, 7) is 7.39. The molecular formula is C23H29NO3. The number of nitrogens with zero attached hydrogens (tertiary/aromatic N) is 1. The number of esters is 1. The van der Waals surface area contributed by atoms with Crippen molar-refractivity contribution in [3.05, 3.63) is 48.5 Å². The van der Waals surface area contributed by atoms with Gasteiger partial charge in [0.1, 0.15) is 11.4 Å². The predicted molar refractivity (Wildman–Crippen MR) is 109 cm³/mol. The molecule has 3 rings (SSSR count). The lowest BCUT2D eigenvalue weighted by atomic mass is 9.95. The number of ether oxygens (including phenoxy) is 2. The second-order valence-corrected chi connectivity index (χ2v) is 8.05. The van der Waals surface area contributed by atoms with Crippen LogP contribution < -0.4 is 9.64 Å². The number of methoxy groups -OCH3 is 1. The minimum absolute atomic E-state index is 0.0243. The fraction of sp³-hybridized carbons (Fsp3) is 0.435. The number of benzene rings is 2. The van der Waals surface area contributed by atoms with E-state index in [1.54, 1.807) is 7.11 Å². The summed E-state index contributed by atoms with van der Waals surface area (Å²) in [5, 5.41) is 0. The zero-order chi connectivity index (χ0) is 19.4. The summed E-state index contributed by atoms with van der Waals surface area (Å²) in [5.41, 5.74) is 3.01. The number of rotatable bonds is 4. The average molecular weight is 367 g/mol. The number of carbonyl (C=O) groups is 1. The Balaban J connectivity index is 1.74. The summed E-state index contributed by atoms with van der Waals surface area (Å²) in [6, 6.07) is 16.6. The van der Waals surface area contributed by atoms with Gasteiger partial charge in [-0.1, -0.05) is 36.4 Å². The summed E-state index contributed by atoms with van der Waals surface area (Å²) < 4.78 is 11.2. The highest BCUT2D eigenvalue weighted by molar-refractivity contribution is 5.75. The highest BCUT2D eigenvalue weighted by Gasteiger charge is 2.30. The first-order chi connectivity index (χ1) is 12.9. The molecule has 27 heavy (non-hydrogen) atoms. The minimum Gasteiger partial charge on any atom is -0.495 e. The van der Waals surface area contributed by atoms with Crippen molar-refractivity contribution in [3.8, 4) is 16.9 Å². The molecule has 1 saturated heterocycles. The molecule has 1 fully saturated rings. The van der Waals surface area contributed by atoms with Crippen molar-refractivity contribution < 1.29 is 14.3 Å². The smallest absolute Gasteiger partial charge is 0.309 e. The van der Waals surface area contributed by atoms with E-state index < -0.39 is 5.60 Å². The van der Waals surface area contributed by atoms with Crippen molar-refractivity contribution in [1.82, 2.24) is 0 Å². The quantitative estimate of drug-likeness (QED) is 0.719. The van der Waals surface area contributed by atoms with E-state index in [9.17, 15) is 4.79 Å². The zero-order valence-corrected chi connectivity index (χ0v) is 16.7. The van der Waals surface area contributed by atoms with Crippen molar-refractivity contribution in [2.75, 3.05) is 25.1 Å². The van der Waals surface area contributed by atoms with Gasteiger partial charge in [-0.3, -0.25) is 4.79 Å². The van der Waals surface area contributed by atoms with Crippen LogP contribution in [0.15, 0.2) is 48.5 Å². The summed E-state index contributed by atoms with van der Waals surface area (Å²) in [6.07, 6.45) is 1.60. The van der Waals surface area contributed by atoms with Gasteiger partial charge in [-0.2, -0.15) is 0 Å². The van der Waals surface area contributed by atoms with E-state index in [2.05, 4.69) is 29.2 Å². The fourth-order valence-electron chi connectivity index (χ4n) is 3.49. The predicted octanol–water partition coefficient (Wildman–Crippen LogP) is 4.92. The number of hydrogen-bond acceptors (Lipinski definition) is 4. The Labute approximate surface area is 162 Å². The third-order valence-electron chi connectivity index (χ3n) is 4.86. The third kappa shape index (κ3) is 4.82. The van der Waals surface area contributed by atoms with Gasteiger partial charge in [-0.25, -0.2) is 0 Å². The van der Waals surface area contributed by atoms with Gasteiger partial charge in [-0.15, -0.1) is 0 Å². The topological polar surface area (TPSA) is 38.8 Å². The summed E-state index contributed by atoms with van der Waals surface area (Å²) in [7, 11) is 1.70. The Kier molecular flexibility index (Phi) is 5.73. The summed E-state index contributed by atoms with van der Waals surface area (Å²) >= 11 is 0. The molecule has 1 aliphatic rings. The van der Waals surface area contributed by atoms with Gasteiger partial charge in [0.15, 0.2) is 0 Å². The molecule has 4 heteroatoms. The standard InChI is InChI=1S/C23H29NO3/c1-23(2,3)27-22(25)18-12-14-24(15-13-18)20-16-19(10-11-21(20)26-4)17-8-6-5-7-9-17/h5-11,16,18H,12-15H2,1-4H3. The van der Waals surface area contributed by atoms with Crippen LogP contribution in [-0.2, 0) is 9.53 Å². The Morgan fingerprint density at radius 3 is 2.26 bits per heavy atom. The van der Waals surface area contributed by atoms with E-state index in [0.717, 1.165) is 37.4 Å². The van der Waals surface area contributed by atoms with Crippen LogP contribution in [0.5, 0.6) is 5.75 Å². The van der Waals surface area contributed by atoms with Gasteiger partial charge < -0.3 is 14.4 Å². The van der Waals surface area contributed by atoms with Crippen LogP contribution in [0, 0.1) is 5.92 Å².